The van der Waals surface area contributed by atoms with E-state index in [1.165, 1.54) is 51.1 Å². The van der Waals surface area contributed by atoms with Gasteiger partial charge in [0, 0.05) is 26.3 Å². The van der Waals surface area contributed by atoms with Gasteiger partial charge in [0.2, 0.25) is 0 Å². The van der Waals surface area contributed by atoms with Gasteiger partial charge in [-0.25, -0.2) is 14.4 Å². The molecule has 0 fully saturated rings. The van der Waals surface area contributed by atoms with Crippen LogP contribution in [0.2, 0.25) is 0 Å². The third kappa shape index (κ3) is 14.4. The summed E-state index contributed by atoms with van der Waals surface area (Å²) in [6, 6.07) is 33.0. The largest absolute Gasteiger partial charge is 0.497 e. The molecule has 6 rings (SSSR count). The van der Waals surface area contributed by atoms with Crippen molar-refractivity contribution in [3.05, 3.63) is 144 Å². The summed E-state index contributed by atoms with van der Waals surface area (Å²) in [6.07, 6.45) is 0. The Morgan fingerprint density at radius 1 is 0.397 bits per heavy atom. The van der Waals surface area contributed by atoms with Crippen LogP contribution in [0.25, 0.3) is 21.5 Å². The zero-order valence-corrected chi connectivity index (χ0v) is 31.9. The molecule has 0 aliphatic rings. The molecule has 0 saturated heterocycles. The molecule has 0 spiro atoms. The van der Waals surface area contributed by atoms with E-state index in [-0.39, 0.29) is 22.9 Å². The molecule has 14 heteroatoms. The number of aromatic carboxylic acids is 2. The number of rotatable bonds is 8. The van der Waals surface area contributed by atoms with E-state index in [0.29, 0.717) is 28.4 Å². The molecule has 58 heavy (non-hydrogen) atoms. The van der Waals surface area contributed by atoms with Crippen molar-refractivity contribution in [2.45, 2.75) is 27.7 Å². The van der Waals surface area contributed by atoms with Gasteiger partial charge < -0.3 is 34.3 Å². The van der Waals surface area contributed by atoms with Crippen LogP contribution in [-0.4, -0.2) is 64.0 Å². The molecule has 14 nitrogen and oxygen atoms in total. The minimum absolute atomic E-state index is 0.0298. The first-order chi connectivity index (χ1) is 27.4. The van der Waals surface area contributed by atoms with E-state index in [2.05, 4.69) is 0 Å². The first kappa shape index (κ1) is 44.5. The number of Topliss-reactive ketones (excluding diaryl/α,β-unsaturated/α-hetero) is 1. The van der Waals surface area contributed by atoms with Crippen LogP contribution in [0.5, 0.6) is 23.0 Å². The van der Waals surface area contributed by atoms with Gasteiger partial charge in [0.25, 0.3) is 5.97 Å². The van der Waals surface area contributed by atoms with Crippen molar-refractivity contribution in [1.29, 1.82) is 0 Å². The van der Waals surface area contributed by atoms with Crippen molar-refractivity contribution in [3.63, 3.8) is 0 Å². The first-order valence-electron chi connectivity index (χ1n) is 17.0. The van der Waals surface area contributed by atoms with E-state index >= 15 is 0 Å². The number of carbonyl (C=O) groups excluding carboxylic acids is 4. The average Bonchev–Trinajstić information content (AvgIpc) is 3.17. The minimum Gasteiger partial charge on any atom is -0.497 e. The molecule has 0 aliphatic heterocycles. The van der Waals surface area contributed by atoms with Gasteiger partial charge in [-0.2, -0.15) is 0 Å². The number of ketones is 1. The smallest absolute Gasteiger partial charge is 0.343 e. The summed E-state index contributed by atoms with van der Waals surface area (Å²) < 4.78 is 20.2. The molecule has 0 aliphatic carbocycles. The second kappa shape index (κ2) is 21.3. The lowest BCUT2D eigenvalue weighted by atomic mass is 10.1. The van der Waals surface area contributed by atoms with Crippen LogP contribution in [0.15, 0.2) is 121 Å². The monoisotopic (exact) mass is 790 g/mol. The SMILES string of the molecule is CC(=O)O.CC(=O)Oc1ccc(C(=O)O)cc1.CC(=O)Oc1ccc2cc(C(=O)O)ccc2c1.COc1ccc2cc(C(=O)Oc3ccc(C(C)=O)cc3)ccc2c1. The highest BCUT2D eigenvalue weighted by Crippen LogP contribution is 2.24. The van der Waals surface area contributed by atoms with E-state index in [1.807, 2.05) is 24.3 Å². The molecule has 0 atom stereocenters. The second-order valence-corrected chi connectivity index (χ2v) is 12.0. The van der Waals surface area contributed by atoms with E-state index in [0.717, 1.165) is 34.2 Å². The zero-order valence-electron chi connectivity index (χ0n) is 31.9. The molecular weight excluding hydrogens is 752 g/mol. The summed E-state index contributed by atoms with van der Waals surface area (Å²) in [7, 11) is 1.62. The Morgan fingerprint density at radius 2 is 0.741 bits per heavy atom. The number of benzene rings is 6. The van der Waals surface area contributed by atoms with Crippen molar-refractivity contribution < 1.29 is 67.8 Å². The summed E-state index contributed by atoms with van der Waals surface area (Å²) in [5, 5.41) is 28.3. The quantitative estimate of drug-likeness (QED) is 0.0754. The van der Waals surface area contributed by atoms with Gasteiger partial charge in [0.1, 0.15) is 23.0 Å². The molecule has 0 aromatic heterocycles. The maximum absolute atomic E-state index is 12.3. The topological polar surface area (TPSA) is 217 Å². The summed E-state index contributed by atoms with van der Waals surface area (Å²) in [5.41, 5.74) is 1.44. The van der Waals surface area contributed by atoms with Gasteiger partial charge >= 0.3 is 29.8 Å². The number of fused-ring (bicyclic) bond motifs is 2. The predicted octanol–water partition coefficient (Wildman–Crippen LogP) is 8.13. The van der Waals surface area contributed by atoms with Crippen molar-refractivity contribution >= 4 is 63.1 Å². The van der Waals surface area contributed by atoms with Crippen molar-refractivity contribution in [2.75, 3.05) is 7.11 Å². The third-order valence-electron chi connectivity index (χ3n) is 7.44. The molecule has 0 radical (unpaired) electrons. The highest BCUT2D eigenvalue weighted by molar-refractivity contribution is 5.98. The van der Waals surface area contributed by atoms with Gasteiger partial charge in [-0.05, 0) is 126 Å². The lowest BCUT2D eigenvalue weighted by Gasteiger charge is -2.07. The Bertz CT molecular complexity index is 2450. The number of carboxylic acids is 3. The average molecular weight is 791 g/mol. The Kier molecular flexibility index (Phi) is 16.3. The second-order valence-electron chi connectivity index (χ2n) is 12.0. The zero-order chi connectivity index (χ0) is 42.9. The van der Waals surface area contributed by atoms with Gasteiger partial charge in [0.15, 0.2) is 5.78 Å². The lowest BCUT2D eigenvalue weighted by Crippen LogP contribution is -2.08. The first-order valence-corrected chi connectivity index (χ1v) is 17.0. The van der Waals surface area contributed by atoms with Crippen LogP contribution in [0.1, 0.15) is 69.1 Å². The Morgan fingerprint density at radius 3 is 1.21 bits per heavy atom. The van der Waals surface area contributed by atoms with Gasteiger partial charge in [-0.3, -0.25) is 19.2 Å². The molecule has 6 aromatic carbocycles. The van der Waals surface area contributed by atoms with Gasteiger partial charge in [0.05, 0.1) is 23.8 Å². The van der Waals surface area contributed by atoms with E-state index in [9.17, 15) is 28.8 Å². The summed E-state index contributed by atoms with van der Waals surface area (Å²) in [5.74, 6) is -2.12. The number of hydrogen-bond acceptors (Lipinski definition) is 11. The van der Waals surface area contributed by atoms with Crippen molar-refractivity contribution in [3.8, 4) is 23.0 Å². The molecule has 298 valence electrons. The third-order valence-corrected chi connectivity index (χ3v) is 7.44. The number of esters is 3. The lowest BCUT2D eigenvalue weighted by molar-refractivity contribution is -0.134. The van der Waals surface area contributed by atoms with Crippen LogP contribution in [0.3, 0.4) is 0 Å². The number of aliphatic carboxylic acids is 1. The molecule has 6 aromatic rings. The number of carbonyl (C=O) groups is 7. The van der Waals surface area contributed by atoms with Gasteiger partial charge in [-0.15, -0.1) is 0 Å². The molecule has 0 bridgehead atoms. The van der Waals surface area contributed by atoms with E-state index in [4.69, 9.17) is 39.1 Å². The fourth-order valence-corrected chi connectivity index (χ4v) is 4.82. The fourth-order valence-electron chi connectivity index (χ4n) is 4.82. The summed E-state index contributed by atoms with van der Waals surface area (Å²) in [4.78, 5) is 75.0. The Hall–Kier alpha value is -7.87. The summed E-state index contributed by atoms with van der Waals surface area (Å²) >= 11 is 0. The number of methoxy groups -OCH3 is 1. The van der Waals surface area contributed by atoms with E-state index in [1.54, 1.807) is 73.8 Å². The van der Waals surface area contributed by atoms with Crippen LogP contribution in [0.4, 0.5) is 0 Å². The van der Waals surface area contributed by atoms with Crippen molar-refractivity contribution in [2.24, 2.45) is 0 Å². The van der Waals surface area contributed by atoms with Gasteiger partial charge in [-0.1, -0.05) is 24.3 Å². The maximum Gasteiger partial charge on any atom is 0.343 e. The Labute approximate surface area is 331 Å². The predicted molar refractivity (Wildman–Crippen MR) is 212 cm³/mol. The molecule has 0 unspecified atom stereocenters. The molecule has 0 saturated carbocycles. The molecule has 3 N–H and O–H groups in total. The number of hydrogen-bond donors (Lipinski definition) is 3. The highest BCUT2D eigenvalue weighted by atomic mass is 16.5. The number of carboxylic acid groups (broad SMARTS) is 3. The molecular formula is C44H38O14. The van der Waals surface area contributed by atoms with Crippen LogP contribution >= 0.6 is 0 Å². The molecule has 0 amide bonds. The fraction of sp³-hybridized carbons (Fsp3) is 0.114. The standard InChI is InChI=1S/C20H16O4.C13H10O4.C9H8O4.C2H4O2/c1-13(21)14-5-8-18(9-6-14)24-20(22)17-4-3-16-12-19(23-2)10-7-15(16)11-17;1-8(14)17-12-5-4-9-6-11(13(15)16)3-2-10(9)7-12;1-6(10)13-8-4-2-7(3-5-8)9(11)12;1-2(3)4/h3-12H,1-2H3;2-7H,1H3,(H,15,16);2-5H,1H3,(H,11,12);1H3,(H,3,4). The summed E-state index contributed by atoms with van der Waals surface area (Å²) in [6.45, 7) is 5.19. The molecule has 0 heterocycles. The normalized spacial score (nSPS) is 9.81. The van der Waals surface area contributed by atoms with Crippen molar-refractivity contribution in [1.82, 2.24) is 0 Å². The Balaban J connectivity index is 0.000000232. The van der Waals surface area contributed by atoms with Crippen LogP contribution in [-0.2, 0) is 14.4 Å². The van der Waals surface area contributed by atoms with Crippen LogP contribution in [0, 0.1) is 0 Å². The maximum atomic E-state index is 12.3. The van der Waals surface area contributed by atoms with E-state index < -0.39 is 29.8 Å². The minimum atomic E-state index is -1.01. The van der Waals surface area contributed by atoms with Crippen LogP contribution < -0.4 is 18.9 Å². The highest BCUT2D eigenvalue weighted by Gasteiger charge is 2.11. The number of ether oxygens (including phenoxy) is 4.